The molecule has 0 bridgehead atoms. The van der Waals surface area contributed by atoms with Gasteiger partial charge in [0.05, 0.1) is 19.7 Å². The van der Waals surface area contributed by atoms with Crippen LogP contribution >= 0.6 is 0 Å². The number of rotatable bonds is 4. The summed E-state index contributed by atoms with van der Waals surface area (Å²) >= 11 is 0. The zero-order valence-electron chi connectivity index (χ0n) is 15.0. The molecule has 0 N–H and O–H groups in total. The smallest absolute Gasteiger partial charge is 0.128 e. The van der Waals surface area contributed by atoms with Gasteiger partial charge in [0.15, 0.2) is 0 Å². The van der Waals surface area contributed by atoms with E-state index in [-0.39, 0.29) is 0 Å². The molecule has 1 heterocycles. The first kappa shape index (κ1) is 17.7. The maximum atomic E-state index is 5.33. The number of hydrogen-bond donors (Lipinski definition) is 0. The summed E-state index contributed by atoms with van der Waals surface area (Å²) in [5, 5.41) is 1.02. The maximum Gasteiger partial charge on any atom is 0.128 e. The molecule has 3 aromatic rings. The SMILES string of the molecule is CC.CCc1ncc2cc(-c3cc(OC)cc(OC)c3)ccc2n1. The Hall–Kier alpha value is -2.62. The molecule has 0 aliphatic carbocycles. The van der Waals surface area contributed by atoms with Crippen LogP contribution in [-0.2, 0) is 6.42 Å². The normalized spacial score (nSPS) is 10.0. The van der Waals surface area contributed by atoms with Gasteiger partial charge in [-0.1, -0.05) is 26.8 Å². The summed E-state index contributed by atoms with van der Waals surface area (Å²) in [6.07, 6.45) is 2.72. The van der Waals surface area contributed by atoms with E-state index >= 15 is 0 Å². The molecule has 3 rings (SSSR count). The molecule has 24 heavy (non-hydrogen) atoms. The standard InChI is InChI=1S/C18H18N2O2.C2H6/c1-4-18-19-11-14-7-12(5-6-17(14)20-18)13-8-15(21-2)10-16(9-13)22-3;1-2/h5-11H,4H2,1-3H3;1-2H3. The van der Waals surface area contributed by atoms with E-state index in [0.717, 1.165) is 45.8 Å². The number of aryl methyl sites for hydroxylation is 1. The van der Waals surface area contributed by atoms with Gasteiger partial charge in [-0.05, 0) is 35.4 Å². The third-order valence-electron chi connectivity index (χ3n) is 3.63. The van der Waals surface area contributed by atoms with Crippen molar-refractivity contribution in [1.82, 2.24) is 9.97 Å². The fraction of sp³-hybridized carbons (Fsp3) is 0.300. The van der Waals surface area contributed by atoms with E-state index in [1.807, 2.05) is 44.3 Å². The van der Waals surface area contributed by atoms with Gasteiger partial charge in [-0.2, -0.15) is 0 Å². The van der Waals surface area contributed by atoms with Crippen molar-refractivity contribution in [3.05, 3.63) is 48.4 Å². The molecular weight excluding hydrogens is 300 g/mol. The van der Waals surface area contributed by atoms with E-state index in [9.17, 15) is 0 Å². The summed E-state index contributed by atoms with van der Waals surface area (Å²) in [4.78, 5) is 8.90. The average Bonchev–Trinajstić information content (AvgIpc) is 2.68. The molecule has 4 heteroatoms. The van der Waals surface area contributed by atoms with Crippen LogP contribution in [0, 0.1) is 0 Å². The first-order chi connectivity index (χ1) is 11.7. The Balaban J connectivity index is 0.00000100. The molecule has 0 saturated carbocycles. The van der Waals surface area contributed by atoms with E-state index in [1.54, 1.807) is 14.2 Å². The Labute approximate surface area is 143 Å². The average molecular weight is 324 g/mol. The molecular formula is C20H24N2O2. The van der Waals surface area contributed by atoms with Crippen LogP contribution in [-0.4, -0.2) is 24.2 Å². The fourth-order valence-electron chi connectivity index (χ4n) is 2.40. The van der Waals surface area contributed by atoms with Gasteiger partial charge in [0.2, 0.25) is 0 Å². The Morgan fingerprint density at radius 2 is 1.54 bits per heavy atom. The highest BCUT2D eigenvalue weighted by molar-refractivity contribution is 5.84. The molecule has 0 fully saturated rings. The van der Waals surface area contributed by atoms with E-state index < -0.39 is 0 Å². The van der Waals surface area contributed by atoms with Crippen molar-refractivity contribution in [2.24, 2.45) is 0 Å². The fourth-order valence-corrected chi connectivity index (χ4v) is 2.40. The number of aromatic nitrogens is 2. The molecule has 2 aromatic carbocycles. The summed E-state index contributed by atoms with van der Waals surface area (Å²) in [5.41, 5.74) is 3.08. The quantitative estimate of drug-likeness (QED) is 0.684. The van der Waals surface area contributed by atoms with Crippen molar-refractivity contribution in [1.29, 1.82) is 0 Å². The van der Waals surface area contributed by atoms with Gasteiger partial charge in [-0.25, -0.2) is 9.97 Å². The minimum Gasteiger partial charge on any atom is -0.497 e. The Bertz CT molecular complexity index is 794. The molecule has 0 aliphatic heterocycles. The summed E-state index contributed by atoms with van der Waals surface area (Å²) in [6.45, 7) is 6.05. The molecule has 126 valence electrons. The lowest BCUT2D eigenvalue weighted by atomic mass is 10.0. The highest BCUT2D eigenvalue weighted by atomic mass is 16.5. The van der Waals surface area contributed by atoms with Crippen molar-refractivity contribution in [3.63, 3.8) is 0 Å². The van der Waals surface area contributed by atoms with Gasteiger partial charge in [0.1, 0.15) is 17.3 Å². The lowest BCUT2D eigenvalue weighted by Gasteiger charge is -2.09. The first-order valence-corrected chi connectivity index (χ1v) is 8.22. The summed E-state index contributed by atoms with van der Waals surface area (Å²) < 4.78 is 10.7. The van der Waals surface area contributed by atoms with Gasteiger partial charge in [0, 0.05) is 24.1 Å². The minimum atomic E-state index is 0.770. The number of fused-ring (bicyclic) bond motifs is 1. The van der Waals surface area contributed by atoms with Crippen molar-refractivity contribution in [2.75, 3.05) is 14.2 Å². The van der Waals surface area contributed by atoms with Crippen LogP contribution in [0.4, 0.5) is 0 Å². The maximum absolute atomic E-state index is 5.33. The molecule has 4 nitrogen and oxygen atoms in total. The predicted molar refractivity (Wildman–Crippen MR) is 98.8 cm³/mol. The Morgan fingerprint density at radius 3 is 2.12 bits per heavy atom. The Kier molecular flexibility index (Phi) is 6.13. The van der Waals surface area contributed by atoms with E-state index in [1.165, 1.54) is 0 Å². The molecule has 0 aliphatic rings. The topological polar surface area (TPSA) is 44.2 Å². The van der Waals surface area contributed by atoms with E-state index in [0.29, 0.717) is 0 Å². The van der Waals surface area contributed by atoms with Crippen LogP contribution in [0.25, 0.3) is 22.0 Å². The van der Waals surface area contributed by atoms with Crippen molar-refractivity contribution in [3.8, 4) is 22.6 Å². The van der Waals surface area contributed by atoms with Gasteiger partial charge < -0.3 is 9.47 Å². The second-order valence-electron chi connectivity index (χ2n) is 5.01. The second kappa shape index (κ2) is 8.29. The zero-order valence-corrected chi connectivity index (χ0v) is 15.0. The zero-order chi connectivity index (χ0) is 17.5. The van der Waals surface area contributed by atoms with E-state index in [2.05, 4.69) is 29.0 Å². The highest BCUT2D eigenvalue weighted by Gasteiger charge is 2.06. The third-order valence-corrected chi connectivity index (χ3v) is 3.63. The summed E-state index contributed by atoms with van der Waals surface area (Å²) in [6, 6.07) is 12.0. The molecule has 1 aromatic heterocycles. The monoisotopic (exact) mass is 324 g/mol. The third kappa shape index (κ3) is 3.82. The lowest BCUT2D eigenvalue weighted by Crippen LogP contribution is -1.93. The second-order valence-corrected chi connectivity index (χ2v) is 5.01. The van der Waals surface area contributed by atoms with Crippen molar-refractivity contribution < 1.29 is 9.47 Å². The first-order valence-electron chi connectivity index (χ1n) is 8.22. The molecule has 0 amide bonds. The lowest BCUT2D eigenvalue weighted by molar-refractivity contribution is 0.394. The van der Waals surface area contributed by atoms with Crippen LogP contribution in [0.3, 0.4) is 0 Å². The van der Waals surface area contributed by atoms with Crippen LogP contribution in [0.5, 0.6) is 11.5 Å². The van der Waals surface area contributed by atoms with Crippen molar-refractivity contribution >= 4 is 10.9 Å². The summed E-state index contributed by atoms with van der Waals surface area (Å²) in [5.74, 6) is 2.40. The van der Waals surface area contributed by atoms with Crippen LogP contribution in [0.1, 0.15) is 26.6 Å². The predicted octanol–water partition coefficient (Wildman–Crippen LogP) is 4.90. The van der Waals surface area contributed by atoms with Crippen LogP contribution in [0.2, 0.25) is 0 Å². The van der Waals surface area contributed by atoms with Gasteiger partial charge >= 0.3 is 0 Å². The molecule has 0 atom stereocenters. The summed E-state index contributed by atoms with van der Waals surface area (Å²) in [7, 11) is 3.30. The van der Waals surface area contributed by atoms with Gasteiger partial charge in [-0.3, -0.25) is 0 Å². The van der Waals surface area contributed by atoms with Crippen molar-refractivity contribution in [2.45, 2.75) is 27.2 Å². The minimum absolute atomic E-state index is 0.770. The molecule has 0 unspecified atom stereocenters. The van der Waals surface area contributed by atoms with Crippen LogP contribution < -0.4 is 9.47 Å². The number of hydrogen-bond acceptors (Lipinski definition) is 4. The number of nitrogens with zero attached hydrogens (tertiary/aromatic N) is 2. The van der Waals surface area contributed by atoms with Gasteiger partial charge in [-0.15, -0.1) is 0 Å². The number of ether oxygens (including phenoxy) is 2. The largest absolute Gasteiger partial charge is 0.497 e. The van der Waals surface area contributed by atoms with E-state index in [4.69, 9.17) is 9.47 Å². The Morgan fingerprint density at radius 1 is 0.875 bits per heavy atom. The number of methoxy groups -OCH3 is 2. The molecule has 0 saturated heterocycles. The molecule has 0 spiro atoms. The van der Waals surface area contributed by atoms with Crippen LogP contribution in [0.15, 0.2) is 42.6 Å². The highest BCUT2D eigenvalue weighted by Crippen LogP contribution is 2.31. The number of benzene rings is 2. The molecule has 0 radical (unpaired) electrons. The van der Waals surface area contributed by atoms with Gasteiger partial charge in [0.25, 0.3) is 0 Å².